The van der Waals surface area contributed by atoms with Crippen molar-refractivity contribution in [3.05, 3.63) is 29.3 Å². The fourth-order valence-electron chi connectivity index (χ4n) is 2.80. The first kappa shape index (κ1) is 14.9. The molecule has 3 atom stereocenters. The molecule has 0 N–H and O–H groups in total. The first-order valence-corrected chi connectivity index (χ1v) is 7.32. The highest BCUT2D eigenvalue weighted by Gasteiger charge is 2.24. The number of rotatable bonds is 4. The van der Waals surface area contributed by atoms with E-state index in [1.165, 1.54) is 6.42 Å². The molecule has 0 aliphatic heterocycles. The van der Waals surface area contributed by atoms with Crippen LogP contribution >= 0.6 is 0 Å². The lowest BCUT2D eigenvalue weighted by Crippen LogP contribution is -2.26. The van der Waals surface area contributed by atoms with Gasteiger partial charge in [0.2, 0.25) is 0 Å². The molecule has 1 aromatic carbocycles. The molecule has 108 valence electrons. The van der Waals surface area contributed by atoms with Gasteiger partial charge in [0.05, 0.1) is 25.4 Å². The Bertz CT molecular complexity index is 492. The second kappa shape index (κ2) is 6.76. The van der Waals surface area contributed by atoms with Crippen LogP contribution in [0.4, 0.5) is 0 Å². The standard InChI is InChI=1S/C17H23NO2/c1-12-4-6-16(8-13(12)2)20-11-14-5-7-17(19-3)15(9-14)10-18/h5,7,9,12-13,16H,4,6,8,11H2,1-3H3. The Morgan fingerprint density at radius 3 is 2.70 bits per heavy atom. The highest BCUT2D eigenvalue weighted by atomic mass is 16.5. The topological polar surface area (TPSA) is 42.2 Å². The van der Waals surface area contributed by atoms with Crippen molar-refractivity contribution in [1.82, 2.24) is 0 Å². The number of nitriles is 1. The molecule has 20 heavy (non-hydrogen) atoms. The molecule has 0 amide bonds. The second-order valence-corrected chi connectivity index (χ2v) is 5.85. The van der Waals surface area contributed by atoms with Crippen LogP contribution in [0.2, 0.25) is 0 Å². The number of benzene rings is 1. The SMILES string of the molecule is COc1ccc(COC2CCC(C)C(C)C2)cc1C#N. The lowest BCUT2D eigenvalue weighted by Gasteiger charge is -2.32. The predicted octanol–water partition coefficient (Wildman–Crippen LogP) is 3.91. The summed E-state index contributed by atoms with van der Waals surface area (Å²) in [5, 5.41) is 9.08. The zero-order valence-corrected chi connectivity index (χ0v) is 12.6. The molecule has 0 radical (unpaired) electrons. The van der Waals surface area contributed by atoms with Gasteiger partial charge in [0.25, 0.3) is 0 Å². The molecule has 2 rings (SSSR count). The van der Waals surface area contributed by atoms with Gasteiger partial charge < -0.3 is 9.47 Å². The third-order valence-corrected chi connectivity index (χ3v) is 4.42. The maximum absolute atomic E-state index is 9.08. The largest absolute Gasteiger partial charge is 0.495 e. The maximum Gasteiger partial charge on any atom is 0.136 e. The first-order valence-electron chi connectivity index (χ1n) is 7.32. The van der Waals surface area contributed by atoms with Crippen LogP contribution in [0.25, 0.3) is 0 Å². The van der Waals surface area contributed by atoms with Crippen LogP contribution in [0.5, 0.6) is 5.75 Å². The molecular formula is C17H23NO2. The van der Waals surface area contributed by atoms with Crippen LogP contribution in [0.3, 0.4) is 0 Å². The van der Waals surface area contributed by atoms with E-state index in [4.69, 9.17) is 14.7 Å². The van der Waals surface area contributed by atoms with Gasteiger partial charge in [-0.1, -0.05) is 19.9 Å². The number of hydrogen-bond donors (Lipinski definition) is 0. The summed E-state index contributed by atoms with van der Waals surface area (Å²) in [6.45, 7) is 5.20. The van der Waals surface area contributed by atoms with Crippen molar-refractivity contribution in [2.45, 2.75) is 45.8 Å². The molecule has 3 nitrogen and oxygen atoms in total. The predicted molar refractivity (Wildman–Crippen MR) is 78.5 cm³/mol. The zero-order chi connectivity index (χ0) is 14.5. The van der Waals surface area contributed by atoms with E-state index in [9.17, 15) is 0 Å². The van der Waals surface area contributed by atoms with Crippen molar-refractivity contribution in [2.24, 2.45) is 11.8 Å². The lowest BCUT2D eigenvalue weighted by atomic mass is 9.80. The van der Waals surface area contributed by atoms with Gasteiger partial charge in [-0.25, -0.2) is 0 Å². The van der Waals surface area contributed by atoms with E-state index in [-0.39, 0.29) is 0 Å². The van der Waals surface area contributed by atoms with Crippen molar-refractivity contribution < 1.29 is 9.47 Å². The summed E-state index contributed by atoms with van der Waals surface area (Å²) < 4.78 is 11.2. The van der Waals surface area contributed by atoms with Gasteiger partial charge >= 0.3 is 0 Å². The molecule has 0 heterocycles. The third-order valence-electron chi connectivity index (χ3n) is 4.42. The summed E-state index contributed by atoms with van der Waals surface area (Å²) in [7, 11) is 1.58. The average Bonchev–Trinajstić information content (AvgIpc) is 2.48. The Morgan fingerprint density at radius 2 is 2.05 bits per heavy atom. The summed E-state index contributed by atoms with van der Waals surface area (Å²) in [5.41, 5.74) is 1.60. The molecule has 1 fully saturated rings. The normalized spacial score (nSPS) is 26.0. The van der Waals surface area contributed by atoms with E-state index < -0.39 is 0 Å². The first-order chi connectivity index (χ1) is 9.63. The number of hydrogen-bond acceptors (Lipinski definition) is 3. The van der Waals surface area contributed by atoms with Gasteiger partial charge in [-0.15, -0.1) is 0 Å². The van der Waals surface area contributed by atoms with Crippen molar-refractivity contribution in [2.75, 3.05) is 7.11 Å². The number of nitrogens with zero attached hydrogens (tertiary/aromatic N) is 1. The smallest absolute Gasteiger partial charge is 0.136 e. The highest BCUT2D eigenvalue weighted by Crippen LogP contribution is 2.31. The van der Waals surface area contributed by atoms with Gasteiger partial charge in [-0.05, 0) is 48.8 Å². The monoisotopic (exact) mass is 273 g/mol. The zero-order valence-electron chi connectivity index (χ0n) is 12.6. The van der Waals surface area contributed by atoms with E-state index in [0.717, 1.165) is 30.2 Å². The summed E-state index contributed by atoms with van der Waals surface area (Å²) >= 11 is 0. The van der Waals surface area contributed by atoms with Crippen LogP contribution in [-0.4, -0.2) is 13.2 Å². The van der Waals surface area contributed by atoms with Crippen molar-refractivity contribution in [1.29, 1.82) is 5.26 Å². The Labute approximate surface area is 121 Å². The minimum Gasteiger partial charge on any atom is -0.495 e. The molecule has 3 heteroatoms. The minimum atomic E-state index is 0.355. The quantitative estimate of drug-likeness (QED) is 0.835. The molecule has 0 saturated heterocycles. The van der Waals surface area contributed by atoms with Gasteiger partial charge in [0, 0.05) is 0 Å². The van der Waals surface area contributed by atoms with Crippen LogP contribution in [0.1, 0.15) is 44.2 Å². The highest BCUT2D eigenvalue weighted by molar-refractivity contribution is 5.45. The molecule has 0 aromatic heterocycles. The molecule has 1 aliphatic carbocycles. The summed E-state index contributed by atoms with van der Waals surface area (Å²) in [4.78, 5) is 0. The molecule has 1 aliphatic rings. The van der Waals surface area contributed by atoms with Gasteiger partial charge in [0.15, 0.2) is 0 Å². The summed E-state index contributed by atoms with van der Waals surface area (Å²) in [5.74, 6) is 2.16. The Balaban J connectivity index is 1.93. The molecule has 1 aromatic rings. The third kappa shape index (κ3) is 3.52. The van der Waals surface area contributed by atoms with E-state index in [1.54, 1.807) is 7.11 Å². The summed E-state index contributed by atoms with van der Waals surface area (Å²) in [6, 6.07) is 7.81. The lowest BCUT2D eigenvalue weighted by molar-refractivity contribution is -0.00746. The van der Waals surface area contributed by atoms with Gasteiger partial charge in [0.1, 0.15) is 11.8 Å². The molecule has 0 bridgehead atoms. The minimum absolute atomic E-state index is 0.355. The molecule has 3 unspecified atom stereocenters. The number of ether oxygens (including phenoxy) is 2. The summed E-state index contributed by atoms with van der Waals surface area (Å²) in [6.07, 6.45) is 3.89. The van der Waals surface area contributed by atoms with Crippen LogP contribution < -0.4 is 4.74 Å². The van der Waals surface area contributed by atoms with Crippen LogP contribution in [0.15, 0.2) is 18.2 Å². The van der Waals surface area contributed by atoms with Crippen molar-refractivity contribution >= 4 is 0 Å². The molecule has 0 spiro atoms. The Morgan fingerprint density at radius 1 is 1.25 bits per heavy atom. The van der Waals surface area contributed by atoms with E-state index in [2.05, 4.69) is 19.9 Å². The van der Waals surface area contributed by atoms with E-state index >= 15 is 0 Å². The van der Waals surface area contributed by atoms with E-state index in [1.807, 2.05) is 18.2 Å². The Hall–Kier alpha value is -1.53. The fraction of sp³-hybridized carbons (Fsp3) is 0.588. The van der Waals surface area contributed by atoms with Gasteiger partial charge in [-0.2, -0.15) is 5.26 Å². The Kier molecular flexibility index (Phi) is 5.03. The van der Waals surface area contributed by atoms with Gasteiger partial charge in [-0.3, -0.25) is 0 Å². The van der Waals surface area contributed by atoms with Crippen LogP contribution in [-0.2, 0) is 11.3 Å². The molecular weight excluding hydrogens is 250 g/mol. The second-order valence-electron chi connectivity index (χ2n) is 5.85. The van der Waals surface area contributed by atoms with E-state index in [0.29, 0.717) is 24.0 Å². The van der Waals surface area contributed by atoms with Crippen molar-refractivity contribution in [3.63, 3.8) is 0 Å². The van der Waals surface area contributed by atoms with Crippen molar-refractivity contribution in [3.8, 4) is 11.8 Å². The fourth-order valence-corrected chi connectivity index (χ4v) is 2.80. The average molecular weight is 273 g/mol. The van der Waals surface area contributed by atoms with Crippen LogP contribution in [0, 0.1) is 23.2 Å². The molecule has 1 saturated carbocycles. The maximum atomic E-state index is 9.08. The number of methoxy groups -OCH3 is 1.